The van der Waals surface area contributed by atoms with E-state index in [1.807, 2.05) is 6.07 Å². The number of nitrogens with zero attached hydrogens (tertiary/aromatic N) is 1. The summed E-state index contributed by atoms with van der Waals surface area (Å²) in [7, 11) is 0. The summed E-state index contributed by atoms with van der Waals surface area (Å²) in [5.41, 5.74) is 7.58. The van der Waals surface area contributed by atoms with Crippen molar-refractivity contribution in [2.45, 2.75) is 12.0 Å². The second-order valence-corrected chi connectivity index (χ2v) is 5.74. The van der Waals surface area contributed by atoms with Gasteiger partial charge in [-0.1, -0.05) is 30.3 Å². The molecule has 0 spiro atoms. The van der Waals surface area contributed by atoms with Crippen molar-refractivity contribution in [3.05, 3.63) is 66.0 Å². The van der Waals surface area contributed by atoms with Crippen molar-refractivity contribution in [1.29, 1.82) is 0 Å². The van der Waals surface area contributed by atoms with Gasteiger partial charge >= 0.3 is 0 Å². The second kappa shape index (κ2) is 6.90. The fourth-order valence-electron chi connectivity index (χ4n) is 2.97. The van der Waals surface area contributed by atoms with Crippen molar-refractivity contribution < 1.29 is 9.13 Å². The van der Waals surface area contributed by atoms with Gasteiger partial charge in [0, 0.05) is 31.6 Å². The Bertz CT molecular complexity index is 588. The third-order valence-electron chi connectivity index (χ3n) is 4.16. The zero-order valence-electron chi connectivity index (χ0n) is 12.5. The monoisotopic (exact) mass is 300 g/mol. The van der Waals surface area contributed by atoms with Crippen LogP contribution in [0.25, 0.3) is 0 Å². The fourth-order valence-corrected chi connectivity index (χ4v) is 2.97. The van der Waals surface area contributed by atoms with Gasteiger partial charge in [-0.25, -0.2) is 4.39 Å². The summed E-state index contributed by atoms with van der Waals surface area (Å²) in [4.78, 5) is 2.33. The first kappa shape index (κ1) is 15.0. The van der Waals surface area contributed by atoms with Gasteiger partial charge in [0.1, 0.15) is 18.2 Å². The van der Waals surface area contributed by atoms with E-state index in [0.717, 1.165) is 19.6 Å². The van der Waals surface area contributed by atoms with Gasteiger partial charge in [-0.3, -0.25) is 4.90 Å². The van der Waals surface area contributed by atoms with E-state index in [4.69, 9.17) is 10.5 Å². The van der Waals surface area contributed by atoms with E-state index in [-0.39, 0.29) is 11.9 Å². The van der Waals surface area contributed by atoms with E-state index in [1.54, 1.807) is 12.1 Å². The van der Waals surface area contributed by atoms with Crippen molar-refractivity contribution in [2.75, 3.05) is 26.2 Å². The van der Waals surface area contributed by atoms with Crippen molar-refractivity contribution >= 4 is 0 Å². The minimum absolute atomic E-state index is 0.160. The lowest BCUT2D eigenvalue weighted by atomic mass is 9.95. The van der Waals surface area contributed by atoms with Gasteiger partial charge in [0.15, 0.2) is 0 Å². The van der Waals surface area contributed by atoms with Crippen LogP contribution in [0.1, 0.15) is 11.5 Å². The Morgan fingerprint density at radius 3 is 2.50 bits per heavy atom. The van der Waals surface area contributed by atoms with Gasteiger partial charge in [0.25, 0.3) is 0 Å². The van der Waals surface area contributed by atoms with Crippen LogP contribution in [-0.2, 0) is 0 Å². The van der Waals surface area contributed by atoms with Crippen molar-refractivity contribution in [3.8, 4) is 5.75 Å². The Kier molecular flexibility index (Phi) is 4.71. The summed E-state index contributed by atoms with van der Waals surface area (Å²) in [6.45, 7) is 3.25. The molecular weight excluding hydrogens is 279 g/mol. The van der Waals surface area contributed by atoms with Crippen LogP contribution in [-0.4, -0.2) is 37.2 Å². The maximum atomic E-state index is 12.8. The Labute approximate surface area is 130 Å². The molecule has 1 heterocycles. The predicted molar refractivity (Wildman–Crippen MR) is 85.5 cm³/mol. The molecule has 0 unspecified atom stereocenters. The number of hydrogen-bond donors (Lipinski definition) is 1. The largest absolute Gasteiger partial charge is 0.492 e. The molecule has 0 aromatic heterocycles. The van der Waals surface area contributed by atoms with Gasteiger partial charge in [-0.05, 0) is 29.8 Å². The minimum atomic E-state index is -0.247. The van der Waals surface area contributed by atoms with Gasteiger partial charge in [-0.15, -0.1) is 0 Å². The van der Waals surface area contributed by atoms with Crippen LogP contribution in [0.4, 0.5) is 4.39 Å². The van der Waals surface area contributed by atoms with Crippen LogP contribution >= 0.6 is 0 Å². The van der Waals surface area contributed by atoms with E-state index in [2.05, 4.69) is 29.2 Å². The molecule has 4 heteroatoms. The first-order valence-electron chi connectivity index (χ1n) is 7.63. The predicted octanol–water partition coefficient (Wildman–Crippen LogP) is 2.63. The zero-order valence-corrected chi connectivity index (χ0v) is 12.5. The van der Waals surface area contributed by atoms with Crippen molar-refractivity contribution in [2.24, 2.45) is 5.73 Å². The van der Waals surface area contributed by atoms with Crippen molar-refractivity contribution in [3.63, 3.8) is 0 Å². The molecule has 1 saturated heterocycles. The number of rotatable bonds is 5. The Hall–Kier alpha value is -1.91. The number of hydrogen-bond acceptors (Lipinski definition) is 3. The van der Waals surface area contributed by atoms with Gasteiger partial charge in [0.05, 0.1) is 0 Å². The van der Waals surface area contributed by atoms with E-state index >= 15 is 0 Å². The summed E-state index contributed by atoms with van der Waals surface area (Å²) >= 11 is 0. The topological polar surface area (TPSA) is 38.5 Å². The highest BCUT2D eigenvalue weighted by Crippen LogP contribution is 2.26. The smallest absolute Gasteiger partial charge is 0.123 e. The number of benzene rings is 2. The molecule has 3 nitrogen and oxygen atoms in total. The molecule has 0 saturated carbocycles. The second-order valence-electron chi connectivity index (χ2n) is 5.74. The summed E-state index contributed by atoms with van der Waals surface area (Å²) in [5.74, 6) is 0.833. The zero-order chi connectivity index (χ0) is 15.4. The van der Waals surface area contributed by atoms with E-state index in [9.17, 15) is 4.39 Å². The molecular formula is C18H21FN2O. The molecule has 0 bridgehead atoms. The Morgan fingerprint density at radius 2 is 1.77 bits per heavy atom. The molecule has 2 aromatic carbocycles. The molecule has 2 aromatic rings. The average Bonchev–Trinajstić information content (AvgIpc) is 2.91. The quantitative estimate of drug-likeness (QED) is 0.922. The maximum Gasteiger partial charge on any atom is 0.123 e. The molecule has 1 fully saturated rings. The van der Waals surface area contributed by atoms with E-state index in [1.165, 1.54) is 17.7 Å². The highest BCUT2D eigenvalue weighted by molar-refractivity contribution is 5.24. The SMILES string of the molecule is N[C@@H]1CN(CCOc2ccc(F)cc2)C[C@H]1c1ccccc1. The molecule has 2 N–H and O–H groups in total. The molecule has 2 atom stereocenters. The summed E-state index contributed by atoms with van der Waals surface area (Å²) < 4.78 is 18.5. The average molecular weight is 300 g/mol. The molecule has 3 rings (SSSR count). The lowest BCUT2D eigenvalue weighted by Gasteiger charge is -2.16. The maximum absolute atomic E-state index is 12.8. The minimum Gasteiger partial charge on any atom is -0.492 e. The Morgan fingerprint density at radius 1 is 1.05 bits per heavy atom. The summed E-state index contributed by atoms with van der Waals surface area (Å²) in [5, 5.41) is 0. The molecule has 1 aliphatic rings. The fraction of sp³-hybridized carbons (Fsp3) is 0.333. The van der Waals surface area contributed by atoms with E-state index in [0.29, 0.717) is 18.3 Å². The molecule has 116 valence electrons. The lowest BCUT2D eigenvalue weighted by Crippen LogP contribution is -2.30. The lowest BCUT2D eigenvalue weighted by molar-refractivity contribution is 0.235. The van der Waals surface area contributed by atoms with E-state index < -0.39 is 0 Å². The normalized spacial score (nSPS) is 21.9. The molecule has 0 aliphatic carbocycles. The van der Waals surface area contributed by atoms with Gasteiger partial charge < -0.3 is 10.5 Å². The summed E-state index contributed by atoms with van der Waals surface area (Å²) in [6.07, 6.45) is 0. The van der Waals surface area contributed by atoms with Gasteiger partial charge in [0.2, 0.25) is 0 Å². The third-order valence-corrected chi connectivity index (χ3v) is 4.16. The molecule has 0 amide bonds. The van der Waals surface area contributed by atoms with Crippen LogP contribution in [0.2, 0.25) is 0 Å². The molecule has 22 heavy (non-hydrogen) atoms. The Balaban J connectivity index is 1.49. The van der Waals surface area contributed by atoms with Gasteiger partial charge in [-0.2, -0.15) is 0 Å². The third kappa shape index (κ3) is 3.64. The first-order valence-corrected chi connectivity index (χ1v) is 7.63. The first-order chi connectivity index (χ1) is 10.7. The molecule has 0 radical (unpaired) electrons. The number of nitrogens with two attached hydrogens (primary N) is 1. The number of likely N-dealkylation sites (tertiary alicyclic amines) is 1. The number of ether oxygens (including phenoxy) is 1. The number of halogens is 1. The van der Waals surface area contributed by atoms with Crippen molar-refractivity contribution in [1.82, 2.24) is 4.90 Å². The highest BCUT2D eigenvalue weighted by Gasteiger charge is 2.30. The van der Waals surface area contributed by atoms with Crippen LogP contribution in [0.3, 0.4) is 0 Å². The highest BCUT2D eigenvalue weighted by atomic mass is 19.1. The van der Waals surface area contributed by atoms with Crippen LogP contribution in [0, 0.1) is 5.82 Å². The standard InChI is InChI=1S/C18H21FN2O/c19-15-6-8-16(9-7-15)22-11-10-21-12-17(18(20)13-21)14-4-2-1-3-5-14/h1-9,17-18H,10-13,20H2/t17-,18+/m0/s1. The van der Waals surface area contributed by atoms with Crippen LogP contribution in [0.15, 0.2) is 54.6 Å². The van der Waals surface area contributed by atoms with Crippen LogP contribution in [0.5, 0.6) is 5.75 Å². The molecule has 1 aliphatic heterocycles. The summed E-state index contributed by atoms with van der Waals surface area (Å²) in [6, 6.07) is 16.7. The van der Waals surface area contributed by atoms with Crippen LogP contribution < -0.4 is 10.5 Å².